The predicted octanol–water partition coefficient (Wildman–Crippen LogP) is 2.49. The Bertz CT molecular complexity index is 380. The topological polar surface area (TPSA) is 50.4 Å². The maximum Gasteiger partial charge on any atom is 0.329 e. The van der Waals surface area contributed by atoms with Crippen LogP contribution < -0.4 is 14.8 Å². The lowest BCUT2D eigenvalue weighted by molar-refractivity contribution is 0.256. The SMILES string of the molecule is COc1cc(Cl)cc2c1NC(=O)NS2. The number of amides is 2. The first-order chi connectivity index (χ1) is 6.70. The smallest absolute Gasteiger partial charge is 0.329 e. The zero-order valence-corrected chi connectivity index (χ0v) is 8.83. The second-order valence-corrected chi connectivity index (χ2v) is 3.92. The highest BCUT2D eigenvalue weighted by Gasteiger charge is 2.19. The van der Waals surface area contributed by atoms with Crippen molar-refractivity contribution in [1.29, 1.82) is 0 Å². The Morgan fingerprint density at radius 3 is 3.00 bits per heavy atom. The van der Waals surface area contributed by atoms with Crippen molar-refractivity contribution < 1.29 is 9.53 Å². The average Bonchev–Trinajstić information content (AvgIpc) is 2.17. The van der Waals surface area contributed by atoms with E-state index in [1.54, 1.807) is 12.1 Å². The third-order valence-electron chi connectivity index (χ3n) is 1.74. The second-order valence-electron chi connectivity index (χ2n) is 2.64. The molecule has 2 N–H and O–H groups in total. The number of halogens is 1. The molecule has 0 saturated heterocycles. The van der Waals surface area contributed by atoms with Crippen LogP contribution in [-0.2, 0) is 0 Å². The molecule has 1 heterocycles. The maximum atomic E-state index is 11.0. The highest BCUT2D eigenvalue weighted by molar-refractivity contribution is 7.98. The molecule has 0 bridgehead atoms. The fraction of sp³-hybridized carbons (Fsp3) is 0.125. The van der Waals surface area contributed by atoms with E-state index in [9.17, 15) is 4.79 Å². The van der Waals surface area contributed by atoms with Crippen molar-refractivity contribution in [3.8, 4) is 5.75 Å². The van der Waals surface area contributed by atoms with Gasteiger partial charge < -0.3 is 10.1 Å². The van der Waals surface area contributed by atoms with Gasteiger partial charge in [0.15, 0.2) is 0 Å². The number of hydrogen-bond acceptors (Lipinski definition) is 3. The van der Waals surface area contributed by atoms with Gasteiger partial charge in [0, 0.05) is 11.1 Å². The molecule has 0 aliphatic carbocycles. The number of carbonyl (C=O) groups excluding carboxylic acids is 1. The van der Waals surface area contributed by atoms with Crippen molar-refractivity contribution in [2.75, 3.05) is 12.4 Å². The van der Waals surface area contributed by atoms with Gasteiger partial charge in [0.25, 0.3) is 0 Å². The Balaban J connectivity index is 2.52. The Morgan fingerprint density at radius 2 is 2.29 bits per heavy atom. The Hall–Kier alpha value is -1.07. The number of hydrogen-bond donors (Lipinski definition) is 2. The second kappa shape index (κ2) is 3.59. The highest BCUT2D eigenvalue weighted by Crippen LogP contribution is 2.39. The van der Waals surface area contributed by atoms with E-state index in [1.807, 2.05) is 0 Å². The van der Waals surface area contributed by atoms with Crippen LogP contribution in [0.15, 0.2) is 17.0 Å². The largest absolute Gasteiger partial charge is 0.494 e. The minimum Gasteiger partial charge on any atom is -0.494 e. The Morgan fingerprint density at radius 1 is 1.50 bits per heavy atom. The molecule has 1 aliphatic heterocycles. The van der Waals surface area contributed by atoms with Gasteiger partial charge in [-0.05, 0) is 18.0 Å². The van der Waals surface area contributed by atoms with Crippen LogP contribution in [0.2, 0.25) is 5.02 Å². The molecular weight excluding hydrogens is 224 g/mol. The van der Waals surface area contributed by atoms with Gasteiger partial charge in [0.05, 0.1) is 12.0 Å². The van der Waals surface area contributed by atoms with Crippen molar-refractivity contribution in [2.24, 2.45) is 0 Å². The van der Waals surface area contributed by atoms with Gasteiger partial charge in [-0.2, -0.15) is 0 Å². The Kier molecular flexibility index (Phi) is 2.43. The average molecular weight is 231 g/mol. The van der Waals surface area contributed by atoms with Gasteiger partial charge in [-0.25, -0.2) is 4.79 Å². The molecular formula is C8H7ClN2O2S. The maximum absolute atomic E-state index is 11.0. The van der Waals surface area contributed by atoms with Crippen molar-refractivity contribution in [3.63, 3.8) is 0 Å². The lowest BCUT2D eigenvalue weighted by Crippen LogP contribution is -2.27. The van der Waals surface area contributed by atoms with Crippen molar-refractivity contribution in [1.82, 2.24) is 4.72 Å². The summed E-state index contributed by atoms with van der Waals surface area (Å²) in [6.45, 7) is 0. The first-order valence-corrected chi connectivity index (χ1v) is 5.01. The lowest BCUT2D eigenvalue weighted by Gasteiger charge is -2.19. The molecule has 74 valence electrons. The minimum atomic E-state index is -0.261. The quantitative estimate of drug-likeness (QED) is 0.729. The number of nitrogens with one attached hydrogen (secondary N) is 2. The van der Waals surface area contributed by atoms with E-state index in [-0.39, 0.29) is 6.03 Å². The molecule has 1 aromatic carbocycles. The normalized spacial score (nSPS) is 14.0. The summed E-state index contributed by atoms with van der Waals surface area (Å²) in [6, 6.07) is 3.16. The molecule has 0 atom stereocenters. The molecule has 0 saturated carbocycles. The summed E-state index contributed by atoms with van der Waals surface area (Å²) in [5.74, 6) is 0.565. The van der Waals surface area contributed by atoms with Crippen molar-refractivity contribution in [3.05, 3.63) is 17.2 Å². The third-order valence-corrected chi connectivity index (χ3v) is 2.79. The Labute approximate surface area is 90.1 Å². The van der Waals surface area contributed by atoms with Gasteiger partial charge in [-0.15, -0.1) is 0 Å². The number of urea groups is 1. The molecule has 0 unspecified atom stereocenters. The van der Waals surface area contributed by atoms with Crippen LogP contribution in [0, 0.1) is 0 Å². The zero-order chi connectivity index (χ0) is 10.1. The van der Waals surface area contributed by atoms with Crippen LogP contribution in [0.25, 0.3) is 0 Å². The number of fused-ring (bicyclic) bond motifs is 1. The molecule has 0 fully saturated rings. The van der Waals surface area contributed by atoms with Crippen LogP contribution in [0.3, 0.4) is 0 Å². The number of carbonyl (C=O) groups is 1. The summed E-state index contributed by atoms with van der Waals surface area (Å²) in [6.07, 6.45) is 0. The summed E-state index contributed by atoms with van der Waals surface area (Å²) in [4.78, 5) is 11.9. The lowest BCUT2D eigenvalue weighted by atomic mass is 10.3. The van der Waals surface area contributed by atoms with Crippen LogP contribution in [0.5, 0.6) is 5.75 Å². The number of anilines is 1. The summed E-state index contributed by atoms with van der Waals surface area (Å²) in [7, 11) is 1.53. The third kappa shape index (κ3) is 1.60. The van der Waals surface area contributed by atoms with Gasteiger partial charge in [-0.1, -0.05) is 11.6 Å². The molecule has 4 nitrogen and oxygen atoms in total. The minimum absolute atomic E-state index is 0.261. The van der Waals surface area contributed by atoms with Gasteiger partial charge in [-0.3, -0.25) is 4.72 Å². The molecule has 2 amide bonds. The van der Waals surface area contributed by atoms with E-state index in [0.717, 1.165) is 4.90 Å². The molecule has 0 spiro atoms. The van der Waals surface area contributed by atoms with Gasteiger partial charge >= 0.3 is 6.03 Å². The van der Waals surface area contributed by atoms with E-state index >= 15 is 0 Å². The summed E-state index contributed by atoms with van der Waals surface area (Å²) in [5.41, 5.74) is 0.658. The van der Waals surface area contributed by atoms with Crippen LogP contribution in [0.1, 0.15) is 0 Å². The fourth-order valence-corrected chi connectivity index (χ4v) is 2.13. The summed E-state index contributed by atoms with van der Waals surface area (Å²) >= 11 is 7.08. The first kappa shape index (κ1) is 9.48. The predicted molar refractivity (Wildman–Crippen MR) is 56.0 cm³/mol. The van der Waals surface area contributed by atoms with Crippen LogP contribution >= 0.6 is 23.5 Å². The first-order valence-electron chi connectivity index (χ1n) is 3.82. The number of ether oxygens (including phenoxy) is 1. The van der Waals surface area contributed by atoms with E-state index in [0.29, 0.717) is 16.5 Å². The summed E-state index contributed by atoms with van der Waals surface area (Å²) < 4.78 is 7.67. The number of methoxy groups -OCH3 is 1. The fourth-order valence-electron chi connectivity index (χ4n) is 1.16. The van der Waals surface area contributed by atoms with Gasteiger partial charge in [0.2, 0.25) is 0 Å². The number of rotatable bonds is 1. The molecule has 1 aromatic rings. The zero-order valence-electron chi connectivity index (χ0n) is 7.26. The van der Waals surface area contributed by atoms with E-state index in [1.165, 1.54) is 19.1 Å². The molecule has 14 heavy (non-hydrogen) atoms. The van der Waals surface area contributed by atoms with Crippen molar-refractivity contribution in [2.45, 2.75) is 4.90 Å². The number of benzene rings is 1. The van der Waals surface area contributed by atoms with Crippen LogP contribution in [0.4, 0.5) is 10.5 Å². The molecule has 6 heteroatoms. The van der Waals surface area contributed by atoms with E-state index in [4.69, 9.17) is 16.3 Å². The molecule has 1 aliphatic rings. The molecule has 0 aromatic heterocycles. The summed E-state index contributed by atoms with van der Waals surface area (Å²) in [5, 5.41) is 3.23. The highest BCUT2D eigenvalue weighted by atomic mass is 35.5. The van der Waals surface area contributed by atoms with E-state index < -0.39 is 0 Å². The van der Waals surface area contributed by atoms with Gasteiger partial charge in [0.1, 0.15) is 11.4 Å². The standard InChI is InChI=1S/C8H7ClN2O2S/c1-13-5-2-4(9)3-6-7(5)10-8(12)11-14-6/h2-3H,1H3,(H2,10,11,12). The van der Waals surface area contributed by atoms with E-state index in [2.05, 4.69) is 10.0 Å². The van der Waals surface area contributed by atoms with Crippen molar-refractivity contribution >= 4 is 35.3 Å². The molecule has 0 radical (unpaired) electrons. The van der Waals surface area contributed by atoms with Crippen LogP contribution in [-0.4, -0.2) is 13.1 Å². The molecule has 2 rings (SSSR count). The monoisotopic (exact) mass is 230 g/mol.